The van der Waals surface area contributed by atoms with E-state index in [-0.39, 0.29) is 5.91 Å². The van der Waals surface area contributed by atoms with Crippen molar-refractivity contribution < 1.29 is 4.79 Å². The Balaban J connectivity index is 1.35. The number of nitrogens with zero attached hydrogens (tertiary/aromatic N) is 2. The van der Waals surface area contributed by atoms with Crippen molar-refractivity contribution in [3.05, 3.63) is 76.7 Å². The molecule has 0 bridgehead atoms. The van der Waals surface area contributed by atoms with E-state index in [2.05, 4.69) is 17.5 Å². The molecule has 1 fully saturated rings. The standard InChI is InChI=1S/C21H22N2OS/c24-21(18-5-7-19(8-6-18)22-11-1-2-12-22)23-13-9-17(10-14-23)16-20-4-3-15-25-20/h1-8,11-12,15,17H,9-10,13-14,16H2. The van der Waals surface area contributed by atoms with Crippen molar-refractivity contribution in [2.75, 3.05) is 13.1 Å². The van der Waals surface area contributed by atoms with E-state index in [1.165, 1.54) is 4.88 Å². The van der Waals surface area contributed by atoms with Crippen LogP contribution in [0.25, 0.3) is 5.69 Å². The molecule has 128 valence electrons. The van der Waals surface area contributed by atoms with Crippen molar-refractivity contribution in [3.8, 4) is 5.69 Å². The van der Waals surface area contributed by atoms with Crippen molar-refractivity contribution in [3.63, 3.8) is 0 Å². The molecule has 3 aromatic rings. The fourth-order valence-electron chi connectivity index (χ4n) is 3.52. The van der Waals surface area contributed by atoms with E-state index >= 15 is 0 Å². The smallest absolute Gasteiger partial charge is 0.253 e. The fraction of sp³-hybridized carbons (Fsp3) is 0.286. The number of likely N-dealkylation sites (tertiary alicyclic amines) is 1. The minimum Gasteiger partial charge on any atom is -0.339 e. The average molecular weight is 350 g/mol. The molecule has 0 unspecified atom stereocenters. The number of benzene rings is 1. The van der Waals surface area contributed by atoms with Gasteiger partial charge in [-0.2, -0.15) is 0 Å². The van der Waals surface area contributed by atoms with Crippen molar-refractivity contribution in [2.24, 2.45) is 5.92 Å². The zero-order chi connectivity index (χ0) is 17.1. The maximum Gasteiger partial charge on any atom is 0.253 e. The SMILES string of the molecule is O=C(c1ccc(-n2cccc2)cc1)N1CCC(Cc2cccs2)CC1. The van der Waals surface area contributed by atoms with Gasteiger partial charge >= 0.3 is 0 Å². The van der Waals surface area contributed by atoms with Gasteiger partial charge in [-0.3, -0.25) is 4.79 Å². The highest BCUT2D eigenvalue weighted by atomic mass is 32.1. The quantitative estimate of drug-likeness (QED) is 0.673. The van der Waals surface area contributed by atoms with Crippen LogP contribution in [0.3, 0.4) is 0 Å². The van der Waals surface area contributed by atoms with E-state index in [0.29, 0.717) is 5.92 Å². The third kappa shape index (κ3) is 3.69. The van der Waals surface area contributed by atoms with Gasteiger partial charge in [0.25, 0.3) is 5.91 Å². The van der Waals surface area contributed by atoms with Crippen LogP contribution in [0, 0.1) is 5.92 Å². The van der Waals surface area contributed by atoms with Gasteiger partial charge in [0.15, 0.2) is 0 Å². The zero-order valence-corrected chi connectivity index (χ0v) is 15.0. The zero-order valence-electron chi connectivity index (χ0n) is 14.2. The van der Waals surface area contributed by atoms with Crippen molar-refractivity contribution >= 4 is 17.2 Å². The first-order valence-electron chi connectivity index (χ1n) is 8.85. The van der Waals surface area contributed by atoms with Gasteiger partial charge < -0.3 is 9.47 Å². The molecule has 0 atom stereocenters. The molecule has 1 aliphatic rings. The lowest BCUT2D eigenvalue weighted by atomic mass is 9.92. The predicted molar refractivity (Wildman–Crippen MR) is 102 cm³/mol. The molecule has 3 heterocycles. The molecule has 1 aliphatic heterocycles. The fourth-order valence-corrected chi connectivity index (χ4v) is 4.34. The molecule has 1 saturated heterocycles. The summed E-state index contributed by atoms with van der Waals surface area (Å²) in [5, 5.41) is 2.14. The number of carbonyl (C=O) groups is 1. The van der Waals surface area contributed by atoms with Gasteiger partial charge in [0.05, 0.1) is 0 Å². The van der Waals surface area contributed by atoms with Gasteiger partial charge in [-0.05, 0) is 73.0 Å². The van der Waals surface area contributed by atoms with Gasteiger partial charge in [0, 0.05) is 41.6 Å². The van der Waals surface area contributed by atoms with Crippen molar-refractivity contribution in [1.29, 1.82) is 0 Å². The summed E-state index contributed by atoms with van der Waals surface area (Å²) in [6.07, 6.45) is 7.38. The Morgan fingerprint density at radius 2 is 1.72 bits per heavy atom. The summed E-state index contributed by atoms with van der Waals surface area (Å²) in [7, 11) is 0. The summed E-state index contributed by atoms with van der Waals surface area (Å²) < 4.78 is 2.05. The minimum absolute atomic E-state index is 0.161. The van der Waals surface area contributed by atoms with Crippen LogP contribution in [-0.2, 0) is 6.42 Å². The highest BCUT2D eigenvalue weighted by Gasteiger charge is 2.24. The first kappa shape index (κ1) is 16.2. The Hall–Kier alpha value is -2.33. The van der Waals surface area contributed by atoms with E-state index < -0.39 is 0 Å². The lowest BCUT2D eigenvalue weighted by Crippen LogP contribution is -2.38. The highest BCUT2D eigenvalue weighted by Crippen LogP contribution is 2.25. The van der Waals surface area contributed by atoms with Gasteiger partial charge in [-0.15, -0.1) is 11.3 Å². The monoisotopic (exact) mass is 350 g/mol. The van der Waals surface area contributed by atoms with Crippen LogP contribution in [0.1, 0.15) is 28.1 Å². The Morgan fingerprint density at radius 1 is 1.00 bits per heavy atom. The maximum atomic E-state index is 12.7. The summed E-state index contributed by atoms with van der Waals surface area (Å²) in [6, 6.07) is 16.2. The maximum absolute atomic E-state index is 12.7. The van der Waals surface area contributed by atoms with Gasteiger partial charge in [0.2, 0.25) is 0 Å². The highest BCUT2D eigenvalue weighted by molar-refractivity contribution is 7.09. The normalized spacial score (nSPS) is 15.4. The third-order valence-corrected chi connectivity index (χ3v) is 5.89. The second-order valence-corrected chi connectivity index (χ2v) is 7.69. The first-order valence-corrected chi connectivity index (χ1v) is 9.72. The third-order valence-electron chi connectivity index (χ3n) is 4.99. The molecule has 1 amide bonds. The summed E-state index contributed by atoms with van der Waals surface area (Å²) in [4.78, 5) is 16.2. The number of rotatable bonds is 4. The second kappa shape index (κ2) is 7.28. The number of hydrogen-bond acceptors (Lipinski definition) is 2. The predicted octanol–water partition coefficient (Wildman–Crippen LogP) is 4.63. The van der Waals surface area contributed by atoms with Gasteiger partial charge in [-0.1, -0.05) is 6.07 Å². The van der Waals surface area contributed by atoms with E-state index in [1.54, 1.807) is 0 Å². The minimum atomic E-state index is 0.161. The molecule has 2 aromatic heterocycles. The molecule has 0 spiro atoms. The van der Waals surface area contributed by atoms with Crippen LogP contribution in [0.4, 0.5) is 0 Å². The average Bonchev–Trinajstić information content (AvgIpc) is 3.36. The molecular weight excluding hydrogens is 328 g/mol. The Kier molecular flexibility index (Phi) is 4.70. The van der Waals surface area contributed by atoms with E-state index in [4.69, 9.17) is 0 Å². The van der Waals surface area contributed by atoms with E-state index in [1.807, 2.05) is 69.6 Å². The van der Waals surface area contributed by atoms with Crippen LogP contribution < -0.4 is 0 Å². The molecule has 4 rings (SSSR count). The molecule has 25 heavy (non-hydrogen) atoms. The first-order chi connectivity index (χ1) is 12.3. The number of carbonyl (C=O) groups excluding carboxylic acids is 1. The van der Waals surface area contributed by atoms with Gasteiger partial charge in [-0.25, -0.2) is 0 Å². The van der Waals surface area contributed by atoms with Crippen LogP contribution in [0.15, 0.2) is 66.3 Å². The van der Waals surface area contributed by atoms with Crippen molar-refractivity contribution in [1.82, 2.24) is 9.47 Å². The summed E-state index contributed by atoms with van der Waals surface area (Å²) in [5.41, 5.74) is 1.86. The molecule has 0 N–H and O–H groups in total. The molecule has 0 radical (unpaired) electrons. The largest absolute Gasteiger partial charge is 0.339 e. The van der Waals surface area contributed by atoms with Crippen molar-refractivity contribution in [2.45, 2.75) is 19.3 Å². The van der Waals surface area contributed by atoms with Crippen LogP contribution in [0.2, 0.25) is 0 Å². The molecule has 3 nitrogen and oxygen atoms in total. The summed E-state index contributed by atoms with van der Waals surface area (Å²) in [5.74, 6) is 0.868. The molecular formula is C21H22N2OS. The number of thiophene rings is 1. The Labute approximate surface area is 152 Å². The van der Waals surface area contributed by atoms with Crippen LogP contribution in [-0.4, -0.2) is 28.5 Å². The Bertz CT molecular complexity index is 798. The molecule has 1 aromatic carbocycles. The number of aromatic nitrogens is 1. The number of hydrogen-bond donors (Lipinski definition) is 0. The van der Waals surface area contributed by atoms with E-state index in [9.17, 15) is 4.79 Å². The molecule has 4 heteroatoms. The molecule has 0 saturated carbocycles. The van der Waals surface area contributed by atoms with E-state index in [0.717, 1.165) is 43.6 Å². The summed E-state index contributed by atoms with van der Waals surface area (Å²) >= 11 is 1.84. The lowest BCUT2D eigenvalue weighted by molar-refractivity contribution is 0.0691. The number of piperidine rings is 1. The topological polar surface area (TPSA) is 25.2 Å². The van der Waals surface area contributed by atoms with Crippen LogP contribution >= 0.6 is 11.3 Å². The van der Waals surface area contributed by atoms with Gasteiger partial charge in [0.1, 0.15) is 0 Å². The Morgan fingerprint density at radius 3 is 2.36 bits per heavy atom. The van der Waals surface area contributed by atoms with Crippen LogP contribution in [0.5, 0.6) is 0 Å². The summed E-state index contributed by atoms with van der Waals surface area (Å²) in [6.45, 7) is 1.74. The molecule has 0 aliphatic carbocycles. The lowest BCUT2D eigenvalue weighted by Gasteiger charge is -2.32. The second-order valence-electron chi connectivity index (χ2n) is 6.66. The number of amides is 1.